The minimum atomic E-state index is 0.119. The number of rotatable bonds is 0. The maximum atomic E-state index is 4.10. The lowest BCUT2D eigenvalue weighted by molar-refractivity contribution is 0.544. The van der Waals surface area contributed by atoms with Crippen LogP contribution in [0.2, 0.25) is 0 Å². The Morgan fingerprint density at radius 2 is 2.07 bits per heavy atom. The zero-order valence-corrected chi connectivity index (χ0v) is 9.76. The molecule has 2 heterocycles. The molecule has 80 valence electrons. The van der Waals surface area contributed by atoms with Crippen molar-refractivity contribution in [1.82, 2.24) is 15.1 Å². The first kappa shape index (κ1) is 10.0. The molecule has 0 unspecified atom stereocenters. The molecule has 1 aliphatic rings. The Morgan fingerprint density at radius 3 is 2.67 bits per heavy atom. The van der Waals surface area contributed by atoms with Crippen molar-refractivity contribution in [2.75, 3.05) is 7.05 Å². The molecule has 0 spiro atoms. The molecule has 0 fully saturated rings. The number of hydrogen-bond acceptors (Lipinski definition) is 2. The molecule has 2 rings (SSSR count). The molecule has 0 aromatic carbocycles. The zero-order chi connectivity index (χ0) is 11.2. The lowest BCUT2D eigenvalue weighted by atomic mass is 9.81. The van der Waals surface area contributed by atoms with E-state index in [9.17, 15) is 0 Å². The number of aromatic amines is 1. The van der Waals surface area contributed by atoms with E-state index in [-0.39, 0.29) is 5.41 Å². The third-order valence-corrected chi connectivity index (χ3v) is 2.77. The van der Waals surface area contributed by atoms with Gasteiger partial charge in [0.2, 0.25) is 0 Å². The predicted octanol–water partition coefficient (Wildman–Crippen LogP) is 2.71. The van der Waals surface area contributed by atoms with Crippen LogP contribution in [-0.2, 0) is 0 Å². The van der Waals surface area contributed by atoms with Gasteiger partial charge in [-0.15, -0.1) is 0 Å². The van der Waals surface area contributed by atoms with E-state index in [1.807, 2.05) is 18.1 Å². The smallest absolute Gasteiger partial charge is 0.0884 e. The van der Waals surface area contributed by atoms with Crippen molar-refractivity contribution in [3.8, 4) is 0 Å². The molecule has 0 bridgehead atoms. The van der Waals surface area contributed by atoms with Gasteiger partial charge < -0.3 is 4.90 Å². The molecule has 0 saturated carbocycles. The molecule has 0 aliphatic carbocycles. The Balaban J connectivity index is 2.60. The maximum absolute atomic E-state index is 4.10. The van der Waals surface area contributed by atoms with E-state index < -0.39 is 0 Å². The van der Waals surface area contributed by atoms with Crippen molar-refractivity contribution < 1.29 is 0 Å². The summed E-state index contributed by atoms with van der Waals surface area (Å²) in [5.41, 5.74) is 4.58. The third kappa shape index (κ3) is 1.48. The fourth-order valence-corrected chi connectivity index (χ4v) is 1.83. The van der Waals surface area contributed by atoms with Gasteiger partial charge in [-0.1, -0.05) is 27.4 Å². The highest BCUT2D eigenvalue weighted by Crippen LogP contribution is 2.40. The quantitative estimate of drug-likeness (QED) is 0.703. The van der Waals surface area contributed by atoms with Gasteiger partial charge in [-0.25, -0.2) is 0 Å². The first-order valence-corrected chi connectivity index (χ1v) is 5.09. The lowest BCUT2D eigenvalue weighted by Crippen LogP contribution is -2.20. The minimum absolute atomic E-state index is 0.119. The van der Waals surface area contributed by atoms with Gasteiger partial charge in [0, 0.05) is 18.8 Å². The van der Waals surface area contributed by atoms with Crippen LogP contribution in [0.25, 0.3) is 11.3 Å². The number of aromatic nitrogens is 2. The largest absolute Gasteiger partial charge is 0.349 e. The molecule has 1 aromatic heterocycles. The van der Waals surface area contributed by atoms with Crippen molar-refractivity contribution in [3.05, 3.63) is 30.2 Å². The number of H-pyrrole nitrogens is 1. The molecule has 15 heavy (non-hydrogen) atoms. The van der Waals surface area contributed by atoms with Gasteiger partial charge >= 0.3 is 0 Å². The molecule has 0 amide bonds. The normalized spacial score (nSPS) is 16.4. The average Bonchev–Trinajstić information content (AvgIpc) is 2.57. The molecule has 3 nitrogen and oxygen atoms in total. The van der Waals surface area contributed by atoms with Crippen LogP contribution in [0.1, 0.15) is 32.0 Å². The summed E-state index contributed by atoms with van der Waals surface area (Å²) in [6, 6.07) is 0. The molecule has 0 saturated heterocycles. The monoisotopic (exact) mass is 203 g/mol. The second kappa shape index (κ2) is 2.99. The zero-order valence-electron chi connectivity index (χ0n) is 9.76. The average molecular weight is 203 g/mol. The molecule has 1 aliphatic heterocycles. The van der Waals surface area contributed by atoms with Crippen LogP contribution in [0.15, 0.2) is 19.0 Å². The number of nitrogens with one attached hydrogen (secondary N) is 1. The highest BCUT2D eigenvalue weighted by molar-refractivity contribution is 5.82. The van der Waals surface area contributed by atoms with Crippen LogP contribution < -0.4 is 0 Å². The first-order chi connectivity index (χ1) is 6.91. The Bertz CT molecular complexity index is 432. The molecule has 1 N–H and O–H groups in total. The summed E-state index contributed by atoms with van der Waals surface area (Å²) in [6.07, 6.45) is 4.02. The van der Waals surface area contributed by atoms with E-state index >= 15 is 0 Å². The Hall–Kier alpha value is -1.51. The van der Waals surface area contributed by atoms with Crippen molar-refractivity contribution in [2.24, 2.45) is 5.41 Å². The van der Waals surface area contributed by atoms with Gasteiger partial charge in [0.25, 0.3) is 0 Å². The molecular weight excluding hydrogens is 186 g/mol. The van der Waals surface area contributed by atoms with Crippen molar-refractivity contribution in [1.29, 1.82) is 0 Å². The van der Waals surface area contributed by atoms with Gasteiger partial charge in [-0.05, 0) is 11.0 Å². The highest BCUT2D eigenvalue weighted by Gasteiger charge is 2.27. The summed E-state index contributed by atoms with van der Waals surface area (Å²) in [5.74, 6) is 0. The Kier molecular flexibility index (Phi) is 2.00. The Morgan fingerprint density at radius 1 is 1.40 bits per heavy atom. The topological polar surface area (TPSA) is 31.9 Å². The van der Waals surface area contributed by atoms with Gasteiger partial charge in [-0.2, -0.15) is 5.10 Å². The molecule has 0 radical (unpaired) electrons. The van der Waals surface area contributed by atoms with E-state index in [1.165, 1.54) is 11.1 Å². The SMILES string of the molecule is C=C1c2[nH]ncc2C(C(C)(C)C)=CN1C. The second-order valence-electron chi connectivity index (χ2n) is 5.01. The van der Waals surface area contributed by atoms with E-state index in [0.717, 1.165) is 11.4 Å². The van der Waals surface area contributed by atoms with Crippen LogP contribution in [0.4, 0.5) is 0 Å². The van der Waals surface area contributed by atoms with E-state index in [1.54, 1.807) is 0 Å². The molecule has 1 aromatic rings. The van der Waals surface area contributed by atoms with Crippen LogP contribution in [0.5, 0.6) is 0 Å². The van der Waals surface area contributed by atoms with E-state index in [4.69, 9.17) is 0 Å². The van der Waals surface area contributed by atoms with Crippen molar-refractivity contribution in [2.45, 2.75) is 20.8 Å². The summed E-state index contributed by atoms with van der Waals surface area (Å²) in [4.78, 5) is 2.04. The van der Waals surface area contributed by atoms with E-state index in [2.05, 4.69) is 43.7 Å². The van der Waals surface area contributed by atoms with Crippen molar-refractivity contribution >= 4 is 11.3 Å². The van der Waals surface area contributed by atoms with Gasteiger partial charge in [0.05, 0.1) is 17.6 Å². The number of allylic oxidation sites excluding steroid dienone is 1. The van der Waals surface area contributed by atoms with Crippen LogP contribution in [0, 0.1) is 5.41 Å². The fourth-order valence-electron chi connectivity index (χ4n) is 1.83. The fraction of sp³-hybridized carbons (Fsp3) is 0.417. The highest BCUT2D eigenvalue weighted by atomic mass is 15.2. The van der Waals surface area contributed by atoms with Crippen LogP contribution in [0.3, 0.4) is 0 Å². The van der Waals surface area contributed by atoms with Gasteiger partial charge in [0.1, 0.15) is 0 Å². The number of nitrogens with zero attached hydrogens (tertiary/aromatic N) is 2. The van der Waals surface area contributed by atoms with Crippen LogP contribution in [-0.4, -0.2) is 22.1 Å². The molecular formula is C12H17N3. The number of fused-ring (bicyclic) bond motifs is 1. The lowest BCUT2D eigenvalue weighted by Gasteiger charge is -2.31. The summed E-state index contributed by atoms with van der Waals surface area (Å²) < 4.78 is 0. The van der Waals surface area contributed by atoms with Gasteiger partial charge in [-0.3, -0.25) is 5.10 Å². The standard InChI is InChI=1S/C12H17N3/c1-8-11-9(6-13-14-11)10(7-15(8)5)12(2,3)4/h6-7H,1H2,2-5H3,(H,13,14). The summed E-state index contributed by atoms with van der Waals surface area (Å²) in [6.45, 7) is 10.7. The molecule has 0 atom stereocenters. The third-order valence-electron chi connectivity index (χ3n) is 2.77. The Labute approximate surface area is 90.5 Å². The first-order valence-electron chi connectivity index (χ1n) is 5.09. The summed E-state index contributed by atoms with van der Waals surface area (Å²) >= 11 is 0. The maximum Gasteiger partial charge on any atom is 0.0884 e. The van der Waals surface area contributed by atoms with Crippen LogP contribution >= 0.6 is 0 Å². The van der Waals surface area contributed by atoms with Gasteiger partial charge in [0.15, 0.2) is 0 Å². The second-order valence-corrected chi connectivity index (χ2v) is 5.01. The summed E-state index contributed by atoms with van der Waals surface area (Å²) in [7, 11) is 2.01. The minimum Gasteiger partial charge on any atom is -0.349 e. The number of hydrogen-bond donors (Lipinski definition) is 1. The molecule has 3 heteroatoms. The van der Waals surface area contributed by atoms with Crippen molar-refractivity contribution in [3.63, 3.8) is 0 Å². The van der Waals surface area contributed by atoms with E-state index in [0.29, 0.717) is 0 Å². The predicted molar refractivity (Wildman–Crippen MR) is 62.8 cm³/mol. The summed E-state index contributed by atoms with van der Waals surface area (Å²) in [5, 5.41) is 7.11.